The van der Waals surface area contributed by atoms with Crippen molar-refractivity contribution in [1.82, 2.24) is 10.2 Å². The first-order valence-corrected chi connectivity index (χ1v) is 8.31. The summed E-state index contributed by atoms with van der Waals surface area (Å²) >= 11 is 0. The van der Waals surface area contributed by atoms with Crippen LogP contribution in [-0.4, -0.2) is 57.1 Å². The van der Waals surface area contributed by atoms with Crippen molar-refractivity contribution in [2.75, 3.05) is 45.7 Å². The van der Waals surface area contributed by atoms with E-state index in [4.69, 9.17) is 4.74 Å². The molecular formula is C18H30ClN3O3. The average molecular weight is 372 g/mol. The molecule has 0 radical (unpaired) electrons. The standard InChI is InChI=1S/C18H29N3O3.ClH/c1-14(2)13-24-18(23)15-6-8-16(9-7-15)20-17(22)12-19-10-5-11-21(3)4;/h6-9,14,19H,5,10-13H2,1-4H3,(H,20,22);1H. The van der Waals surface area contributed by atoms with Gasteiger partial charge in [-0.25, -0.2) is 4.79 Å². The lowest BCUT2D eigenvalue weighted by atomic mass is 10.2. The number of benzene rings is 1. The molecule has 0 aliphatic rings. The lowest BCUT2D eigenvalue weighted by Crippen LogP contribution is -2.30. The smallest absolute Gasteiger partial charge is 0.338 e. The largest absolute Gasteiger partial charge is 0.462 e. The van der Waals surface area contributed by atoms with Crippen LogP contribution in [0.1, 0.15) is 30.6 Å². The summed E-state index contributed by atoms with van der Waals surface area (Å²) in [5, 5.41) is 5.90. The molecule has 0 aliphatic carbocycles. The van der Waals surface area contributed by atoms with Gasteiger partial charge >= 0.3 is 5.97 Å². The number of esters is 1. The van der Waals surface area contributed by atoms with Crippen molar-refractivity contribution >= 4 is 30.0 Å². The summed E-state index contributed by atoms with van der Waals surface area (Å²) in [5.41, 5.74) is 1.14. The normalized spacial score (nSPS) is 10.5. The second kappa shape index (κ2) is 12.7. The van der Waals surface area contributed by atoms with Gasteiger partial charge in [-0.15, -0.1) is 12.4 Å². The third kappa shape index (κ3) is 10.8. The first kappa shape index (κ1) is 23.4. The fourth-order valence-corrected chi connectivity index (χ4v) is 1.94. The minimum absolute atomic E-state index is 0. The van der Waals surface area contributed by atoms with Gasteiger partial charge in [0.15, 0.2) is 0 Å². The van der Waals surface area contributed by atoms with Crippen molar-refractivity contribution in [2.24, 2.45) is 5.92 Å². The number of ether oxygens (including phenoxy) is 1. The van der Waals surface area contributed by atoms with E-state index >= 15 is 0 Å². The molecular weight excluding hydrogens is 342 g/mol. The van der Waals surface area contributed by atoms with Crippen LogP contribution >= 0.6 is 12.4 Å². The van der Waals surface area contributed by atoms with E-state index in [2.05, 4.69) is 15.5 Å². The Bertz CT molecular complexity index is 519. The molecule has 1 rings (SSSR count). The number of rotatable bonds is 10. The fourth-order valence-electron chi connectivity index (χ4n) is 1.94. The maximum atomic E-state index is 11.8. The summed E-state index contributed by atoms with van der Waals surface area (Å²) < 4.78 is 5.16. The topological polar surface area (TPSA) is 70.7 Å². The van der Waals surface area contributed by atoms with Crippen LogP contribution in [0.4, 0.5) is 5.69 Å². The van der Waals surface area contributed by atoms with E-state index in [1.165, 1.54) is 0 Å². The molecule has 7 heteroatoms. The maximum Gasteiger partial charge on any atom is 0.338 e. The van der Waals surface area contributed by atoms with Crippen LogP contribution in [0.2, 0.25) is 0 Å². The molecule has 0 aliphatic heterocycles. The Hall–Kier alpha value is -1.63. The Labute approximate surface area is 156 Å². The number of anilines is 1. The maximum absolute atomic E-state index is 11.8. The predicted octanol–water partition coefficient (Wildman–Crippen LogP) is 2.40. The lowest BCUT2D eigenvalue weighted by Gasteiger charge is -2.10. The van der Waals surface area contributed by atoms with Crippen molar-refractivity contribution in [3.05, 3.63) is 29.8 Å². The highest BCUT2D eigenvalue weighted by Gasteiger charge is 2.08. The number of amides is 1. The van der Waals surface area contributed by atoms with Crippen LogP contribution in [0, 0.1) is 5.92 Å². The van der Waals surface area contributed by atoms with Crippen LogP contribution < -0.4 is 10.6 Å². The zero-order valence-electron chi connectivity index (χ0n) is 15.5. The molecule has 0 saturated carbocycles. The first-order valence-electron chi connectivity index (χ1n) is 8.31. The van der Waals surface area contributed by atoms with Gasteiger partial charge in [0.05, 0.1) is 18.7 Å². The summed E-state index contributed by atoms with van der Waals surface area (Å²) in [6.07, 6.45) is 0.994. The van der Waals surface area contributed by atoms with Crippen LogP contribution in [-0.2, 0) is 9.53 Å². The Morgan fingerprint density at radius 3 is 2.36 bits per heavy atom. The number of hydrogen-bond donors (Lipinski definition) is 2. The van der Waals surface area contributed by atoms with Gasteiger partial charge < -0.3 is 20.3 Å². The minimum Gasteiger partial charge on any atom is -0.462 e. The number of halogens is 1. The van der Waals surface area contributed by atoms with Gasteiger partial charge in [0.2, 0.25) is 5.91 Å². The van der Waals surface area contributed by atoms with Crippen molar-refractivity contribution < 1.29 is 14.3 Å². The molecule has 142 valence electrons. The molecule has 25 heavy (non-hydrogen) atoms. The summed E-state index contributed by atoms with van der Waals surface area (Å²) in [6.45, 7) is 6.43. The number of carbonyl (C=O) groups excluding carboxylic acids is 2. The molecule has 0 saturated heterocycles. The summed E-state index contributed by atoms with van der Waals surface area (Å²) in [7, 11) is 4.05. The van der Waals surface area contributed by atoms with Crippen LogP contribution in [0.15, 0.2) is 24.3 Å². The van der Waals surface area contributed by atoms with E-state index in [-0.39, 0.29) is 30.8 Å². The Morgan fingerprint density at radius 1 is 1.16 bits per heavy atom. The van der Waals surface area contributed by atoms with E-state index in [0.717, 1.165) is 19.5 Å². The number of hydrogen-bond acceptors (Lipinski definition) is 5. The van der Waals surface area contributed by atoms with Crippen molar-refractivity contribution in [2.45, 2.75) is 20.3 Å². The third-order valence-corrected chi connectivity index (χ3v) is 3.20. The molecule has 0 aromatic heterocycles. The van der Waals surface area contributed by atoms with E-state index in [1.807, 2.05) is 27.9 Å². The van der Waals surface area contributed by atoms with E-state index in [0.29, 0.717) is 23.8 Å². The summed E-state index contributed by atoms with van der Waals surface area (Å²) in [4.78, 5) is 25.7. The molecule has 6 nitrogen and oxygen atoms in total. The van der Waals surface area contributed by atoms with Crippen LogP contribution in [0.3, 0.4) is 0 Å². The lowest BCUT2D eigenvalue weighted by molar-refractivity contribution is -0.115. The van der Waals surface area contributed by atoms with Crippen molar-refractivity contribution in [3.8, 4) is 0 Å². The van der Waals surface area contributed by atoms with E-state index in [1.54, 1.807) is 24.3 Å². The zero-order chi connectivity index (χ0) is 17.9. The fraction of sp³-hybridized carbons (Fsp3) is 0.556. The van der Waals surface area contributed by atoms with Crippen molar-refractivity contribution in [1.29, 1.82) is 0 Å². The third-order valence-electron chi connectivity index (χ3n) is 3.20. The van der Waals surface area contributed by atoms with Gasteiger partial charge in [0.1, 0.15) is 0 Å². The van der Waals surface area contributed by atoms with Crippen molar-refractivity contribution in [3.63, 3.8) is 0 Å². The van der Waals surface area contributed by atoms with Gasteiger partial charge in [0.25, 0.3) is 0 Å². The van der Waals surface area contributed by atoms with E-state index < -0.39 is 0 Å². The molecule has 0 atom stereocenters. The molecule has 0 spiro atoms. The summed E-state index contributed by atoms with van der Waals surface area (Å²) in [6, 6.07) is 6.72. The van der Waals surface area contributed by atoms with Gasteiger partial charge in [-0.05, 0) is 63.8 Å². The van der Waals surface area contributed by atoms with Gasteiger partial charge in [-0.1, -0.05) is 13.8 Å². The van der Waals surface area contributed by atoms with E-state index in [9.17, 15) is 9.59 Å². The number of nitrogens with one attached hydrogen (secondary N) is 2. The molecule has 0 bridgehead atoms. The minimum atomic E-state index is -0.343. The molecule has 0 heterocycles. The number of carbonyl (C=O) groups is 2. The molecule has 1 aromatic rings. The SMILES string of the molecule is CC(C)COC(=O)c1ccc(NC(=O)CNCCCN(C)C)cc1.Cl. The second-order valence-corrected chi connectivity index (χ2v) is 6.45. The van der Waals surface area contributed by atoms with Gasteiger partial charge in [-0.3, -0.25) is 4.79 Å². The molecule has 0 fully saturated rings. The average Bonchev–Trinajstić information content (AvgIpc) is 2.52. The Morgan fingerprint density at radius 2 is 1.80 bits per heavy atom. The highest BCUT2D eigenvalue weighted by atomic mass is 35.5. The Balaban J connectivity index is 0.00000576. The summed E-state index contributed by atoms with van der Waals surface area (Å²) in [5.74, 6) is -0.142. The molecule has 1 amide bonds. The molecule has 1 aromatic carbocycles. The Kier molecular flexibility index (Phi) is 11.9. The second-order valence-electron chi connectivity index (χ2n) is 6.45. The first-order chi connectivity index (χ1) is 11.4. The zero-order valence-corrected chi connectivity index (χ0v) is 16.3. The monoisotopic (exact) mass is 371 g/mol. The van der Waals surface area contributed by atoms with Crippen LogP contribution in [0.25, 0.3) is 0 Å². The molecule has 0 unspecified atom stereocenters. The number of nitrogens with zero attached hydrogens (tertiary/aromatic N) is 1. The predicted molar refractivity (Wildman–Crippen MR) is 103 cm³/mol. The highest BCUT2D eigenvalue weighted by Crippen LogP contribution is 2.11. The molecule has 2 N–H and O–H groups in total. The quantitative estimate of drug-likeness (QED) is 0.488. The van der Waals surface area contributed by atoms with Gasteiger partial charge in [0, 0.05) is 5.69 Å². The van der Waals surface area contributed by atoms with Gasteiger partial charge in [-0.2, -0.15) is 0 Å². The highest BCUT2D eigenvalue weighted by molar-refractivity contribution is 5.94. The van der Waals surface area contributed by atoms with Crippen LogP contribution in [0.5, 0.6) is 0 Å².